The van der Waals surface area contributed by atoms with Gasteiger partial charge in [-0.05, 0) is 17.7 Å². The maximum atomic E-state index is 11.8. The normalized spacial score (nSPS) is 24.4. The smallest absolute Gasteiger partial charge is 0.326 e. The highest BCUT2D eigenvalue weighted by Crippen LogP contribution is 2.32. The number of phenols is 1. The van der Waals surface area contributed by atoms with Gasteiger partial charge in [-0.1, -0.05) is 12.1 Å². The number of aliphatic hydroxyl groups is 3. The molecule has 2 aromatic heterocycles. The first-order chi connectivity index (χ1) is 14.9. The van der Waals surface area contributed by atoms with Crippen LogP contribution in [0.4, 0.5) is 5.82 Å². The van der Waals surface area contributed by atoms with Gasteiger partial charge in [0.25, 0.3) is 0 Å². The lowest BCUT2D eigenvalue weighted by Crippen LogP contribution is -2.33. The zero-order valence-corrected chi connectivity index (χ0v) is 16.1. The number of hydrogen-bond donors (Lipinski definition) is 6. The van der Waals surface area contributed by atoms with E-state index in [9.17, 15) is 30.3 Å². The summed E-state index contributed by atoms with van der Waals surface area (Å²) in [4.78, 5) is 24.2. The van der Waals surface area contributed by atoms with Crippen molar-refractivity contribution in [1.29, 1.82) is 0 Å². The van der Waals surface area contributed by atoms with Crippen molar-refractivity contribution in [2.75, 3.05) is 11.9 Å². The molecule has 1 fully saturated rings. The molecule has 0 amide bonds. The van der Waals surface area contributed by atoms with Crippen LogP contribution in [0.2, 0.25) is 0 Å². The van der Waals surface area contributed by atoms with Gasteiger partial charge in [-0.15, -0.1) is 0 Å². The van der Waals surface area contributed by atoms with E-state index in [2.05, 4.69) is 20.3 Å². The topological polar surface area (TPSA) is 183 Å². The molecular weight excluding hydrogens is 410 g/mol. The molecule has 6 N–H and O–H groups in total. The van der Waals surface area contributed by atoms with Crippen LogP contribution in [-0.4, -0.2) is 82.0 Å². The minimum atomic E-state index is -1.32. The first-order valence-electron chi connectivity index (χ1n) is 9.46. The molecule has 0 radical (unpaired) electrons. The van der Waals surface area contributed by atoms with Crippen molar-refractivity contribution in [3.05, 3.63) is 42.5 Å². The molecule has 0 aliphatic carbocycles. The molecule has 12 heteroatoms. The van der Waals surface area contributed by atoms with E-state index in [0.29, 0.717) is 5.56 Å². The molecule has 3 aromatic rings. The lowest BCUT2D eigenvalue weighted by atomic mass is 10.1. The number of aromatic hydroxyl groups is 1. The van der Waals surface area contributed by atoms with E-state index in [1.54, 1.807) is 12.1 Å². The number of anilines is 1. The Balaban J connectivity index is 1.61. The number of benzene rings is 1. The Bertz CT molecular complexity index is 1070. The van der Waals surface area contributed by atoms with Crippen LogP contribution in [-0.2, 0) is 16.0 Å². The number of rotatable bonds is 7. The molecule has 0 saturated carbocycles. The standard InChI is InChI=1S/C19H21N5O7/c25-6-12-14(27)15(28)18(31-12)24-8-22-13-16(20-7-21-17(13)24)23-11(19(29)30)5-9-1-3-10(26)4-2-9/h1-4,7-8,11-12,14-15,18,25-28H,5-6H2,(H,29,30)(H,20,21,23)/t11-,12+,14-,15?,18+/m0/s1. The average molecular weight is 431 g/mol. The van der Waals surface area contributed by atoms with Crippen LogP contribution in [0, 0.1) is 0 Å². The zero-order valence-electron chi connectivity index (χ0n) is 16.1. The third kappa shape index (κ3) is 4.01. The Labute approximate surface area is 175 Å². The molecule has 5 atom stereocenters. The Kier molecular flexibility index (Phi) is 5.69. The predicted octanol–water partition coefficient (Wildman–Crippen LogP) is -0.749. The van der Waals surface area contributed by atoms with E-state index >= 15 is 0 Å². The van der Waals surface area contributed by atoms with Crippen molar-refractivity contribution in [3.8, 4) is 5.75 Å². The number of ether oxygens (including phenoxy) is 1. The monoisotopic (exact) mass is 431 g/mol. The highest BCUT2D eigenvalue weighted by molar-refractivity contribution is 5.86. The third-order valence-corrected chi connectivity index (χ3v) is 5.14. The van der Waals surface area contributed by atoms with Gasteiger partial charge in [-0.3, -0.25) is 4.57 Å². The largest absolute Gasteiger partial charge is 0.508 e. The summed E-state index contributed by atoms with van der Waals surface area (Å²) < 4.78 is 6.90. The van der Waals surface area contributed by atoms with Crippen molar-refractivity contribution in [1.82, 2.24) is 19.5 Å². The van der Waals surface area contributed by atoms with E-state index in [1.165, 1.54) is 29.4 Å². The van der Waals surface area contributed by atoms with Crippen molar-refractivity contribution in [2.24, 2.45) is 0 Å². The number of aliphatic hydroxyl groups excluding tert-OH is 3. The minimum Gasteiger partial charge on any atom is -0.508 e. The number of imidazole rings is 1. The number of phenolic OH excluding ortho intramolecular Hbond substituents is 1. The molecule has 1 unspecified atom stereocenters. The summed E-state index contributed by atoms with van der Waals surface area (Å²) in [6.45, 7) is -0.472. The van der Waals surface area contributed by atoms with Crippen LogP contribution in [0.5, 0.6) is 5.75 Å². The van der Waals surface area contributed by atoms with Gasteiger partial charge in [0.2, 0.25) is 0 Å². The fraction of sp³-hybridized carbons (Fsp3) is 0.368. The number of aromatic nitrogens is 4. The van der Waals surface area contributed by atoms with Crippen molar-refractivity contribution < 1.29 is 35.1 Å². The Morgan fingerprint density at radius 1 is 1.16 bits per heavy atom. The number of carboxylic acids is 1. The van der Waals surface area contributed by atoms with Crippen LogP contribution in [0.1, 0.15) is 11.8 Å². The molecule has 31 heavy (non-hydrogen) atoms. The average Bonchev–Trinajstić information content (AvgIpc) is 3.31. The molecule has 12 nitrogen and oxygen atoms in total. The quantitative estimate of drug-likeness (QED) is 0.277. The van der Waals surface area contributed by atoms with Gasteiger partial charge in [0.1, 0.15) is 36.4 Å². The van der Waals surface area contributed by atoms with Crippen LogP contribution in [0.15, 0.2) is 36.9 Å². The number of hydrogen-bond acceptors (Lipinski definition) is 10. The molecular formula is C19H21N5O7. The van der Waals surface area contributed by atoms with E-state index in [0.717, 1.165) is 0 Å². The molecule has 0 bridgehead atoms. The summed E-state index contributed by atoms with van der Waals surface area (Å²) in [7, 11) is 0. The number of carboxylic acid groups (broad SMARTS) is 1. The van der Waals surface area contributed by atoms with Crippen molar-refractivity contribution >= 4 is 23.0 Å². The number of carbonyl (C=O) groups is 1. The highest BCUT2D eigenvalue weighted by atomic mass is 16.6. The van der Waals surface area contributed by atoms with Crippen molar-refractivity contribution in [2.45, 2.75) is 37.0 Å². The summed E-state index contributed by atoms with van der Waals surface area (Å²) in [6.07, 6.45) is -1.93. The van der Waals surface area contributed by atoms with Crippen LogP contribution in [0.3, 0.4) is 0 Å². The summed E-state index contributed by atoms with van der Waals surface area (Å²) in [5.41, 5.74) is 1.19. The van der Waals surface area contributed by atoms with Crippen molar-refractivity contribution in [3.63, 3.8) is 0 Å². The summed E-state index contributed by atoms with van der Waals surface area (Å²) in [5, 5.41) is 51.4. The molecule has 164 valence electrons. The molecule has 1 saturated heterocycles. The van der Waals surface area contributed by atoms with Gasteiger partial charge in [0.15, 0.2) is 23.2 Å². The molecule has 1 aliphatic heterocycles. The van der Waals surface area contributed by atoms with E-state index in [-0.39, 0.29) is 29.2 Å². The minimum absolute atomic E-state index is 0.0801. The fourth-order valence-corrected chi connectivity index (χ4v) is 3.49. The second kappa shape index (κ2) is 8.43. The maximum absolute atomic E-state index is 11.8. The van der Waals surface area contributed by atoms with Gasteiger partial charge in [-0.25, -0.2) is 19.7 Å². The van der Waals surface area contributed by atoms with Crippen LogP contribution in [0.25, 0.3) is 11.2 Å². The Morgan fingerprint density at radius 3 is 2.55 bits per heavy atom. The maximum Gasteiger partial charge on any atom is 0.326 e. The Morgan fingerprint density at radius 2 is 1.90 bits per heavy atom. The number of nitrogens with zero attached hydrogens (tertiary/aromatic N) is 4. The Hall–Kier alpha value is -3.32. The van der Waals surface area contributed by atoms with Gasteiger partial charge in [0.05, 0.1) is 12.9 Å². The molecule has 0 spiro atoms. The molecule has 3 heterocycles. The van der Waals surface area contributed by atoms with Gasteiger partial charge in [0, 0.05) is 6.42 Å². The summed E-state index contributed by atoms with van der Waals surface area (Å²) >= 11 is 0. The first-order valence-corrected chi connectivity index (χ1v) is 9.46. The molecule has 4 rings (SSSR count). The fourth-order valence-electron chi connectivity index (χ4n) is 3.49. The predicted molar refractivity (Wildman–Crippen MR) is 105 cm³/mol. The number of fused-ring (bicyclic) bond motifs is 1. The second-order valence-corrected chi connectivity index (χ2v) is 7.18. The van der Waals surface area contributed by atoms with Gasteiger partial charge < -0.3 is 35.6 Å². The van der Waals surface area contributed by atoms with E-state index < -0.39 is 43.2 Å². The summed E-state index contributed by atoms with van der Waals surface area (Å²) in [6, 6.07) is 5.15. The lowest BCUT2D eigenvalue weighted by Gasteiger charge is -2.17. The van der Waals surface area contributed by atoms with Crippen LogP contribution >= 0.6 is 0 Å². The second-order valence-electron chi connectivity index (χ2n) is 7.18. The van der Waals surface area contributed by atoms with Crippen LogP contribution < -0.4 is 5.32 Å². The lowest BCUT2D eigenvalue weighted by molar-refractivity contribution is -0.137. The SMILES string of the molecule is O=C(O)[C@H](Cc1ccc(O)cc1)Nc1ncnc2c1ncn2[C@@H]1O[C@H](CO)[C@H](O)C1O. The third-order valence-electron chi connectivity index (χ3n) is 5.14. The zero-order chi connectivity index (χ0) is 22.1. The van der Waals surface area contributed by atoms with E-state index in [1.807, 2.05) is 0 Å². The molecule has 1 aromatic carbocycles. The summed E-state index contributed by atoms with van der Waals surface area (Å²) in [5.74, 6) is -0.860. The van der Waals surface area contributed by atoms with E-state index in [4.69, 9.17) is 4.74 Å². The first kappa shape index (κ1) is 20.9. The van der Waals surface area contributed by atoms with Gasteiger partial charge >= 0.3 is 5.97 Å². The number of nitrogens with one attached hydrogen (secondary N) is 1. The van der Waals surface area contributed by atoms with Gasteiger partial charge in [-0.2, -0.15) is 0 Å². The number of aliphatic carboxylic acids is 1. The molecule has 1 aliphatic rings. The highest BCUT2D eigenvalue weighted by Gasteiger charge is 2.44.